The summed E-state index contributed by atoms with van der Waals surface area (Å²) >= 11 is 10.9. The molecule has 2 N–H and O–H groups in total. The molecule has 1 aromatic heterocycles. The fourth-order valence-electron chi connectivity index (χ4n) is 2.44. The molecule has 0 radical (unpaired) electrons. The van der Waals surface area contributed by atoms with Crippen LogP contribution in [0.1, 0.15) is 16.1 Å². The van der Waals surface area contributed by atoms with Gasteiger partial charge in [-0.1, -0.05) is 29.8 Å². The zero-order valence-corrected chi connectivity index (χ0v) is 15.0. The molecule has 9 heteroatoms. The maximum atomic E-state index is 12.4. The van der Waals surface area contributed by atoms with Gasteiger partial charge in [-0.15, -0.1) is 0 Å². The number of halogens is 1. The molecule has 0 unspecified atom stereocenters. The van der Waals surface area contributed by atoms with Crippen molar-refractivity contribution < 1.29 is 14.1 Å². The van der Waals surface area contributed by atoms with E-state index in [-0.39, 0.29) is 21.6 Å². The number of thiocarbonyl (C=S) groups is 1. The lowest BCUT2D eigenvalue weighted by molar-refractivity contribution is -0.384. The SMILES string of the molecule is Cc1c(C(=O)NC(=S)Nc2ccc(Cl)c([N+](=O)[O-])c2)oc2ccccc12. The molecule has 3 rings (SSSR count). The van der Waals surface area contributed by atoms with E-state index < -0.39 is 10.8 Å². The molecule has 7 nitrogen and oxygen atoms in total. The minimum absolute atomic E-state index is 0.00778. The van der Waals surface area contributed by atoms with Gasteiger partial charge in [0.2, 0.25) is 0 Å². The minimum Gasteiger partial charge on any atom is -0.451 e. The number of nitro benzene ring substituents is 1. The van der Waals surface area contributed by atoms with Crippen LogP contribution in [-0.2, 0) is 0 Å². The van der Waals surface area contributed by atoms with E-state index >= 15 is 0 Å². The maximum absolute atomic E-state index is 12.4. The predicted octanol–water partition coefficient (Wildman–Crippen LogP) is 4.43. The van der Waals surface area contributed by atoms with Crippen molar-refractivity contribution in [3.63, 3.8) is 0 Å². The number of para-hydroxylation sites is 1. The Bertz CT molecular complexity index is 1050. The lowest BCUT2D eigenvalue weighted by Crippen LogP contribution is -2.34. The summed E-state index contributed by atoms with van der Waals surface area (Å²) in [6.45, 7) is 1.78. The summed E-state index contributed by atoms with van der Waals surface area (Å²) in [7, 11) is 0. The smallest absolute Gasteiger partial charge is 0.293 e. The van der Waals surface area contributed by atoms with E-state index in [1.165, 1.54) is 18.2 Å². The van der Waals surface area contributed by atoms with Gasteiger partial charge in [0.05, 0.1) is 4.92 Å². The third-order valence-electron chi connectivity index (χ3n) is 3.68. The van der Waals surface area contributed by atoms with Crippen molar-refractivity contribution in [3.05, 3.63) is 68.9 Å². The van der Waals surface area contributed by atoms with Crippen LogP contribution in [0.15, 0.2) is 46.9 Å². The molecule has 2 aromatic carbocycles. The number of hydrogen-bond donors (Lipinski definition) is 2. The quantitative estimate of drug-likeness (QED) is 0.390. The summed E-state index contributed by atoms with van der Waals surface area (Å²) in [5.74, 6) is -0.364. The largest absolute Gasteiger partial charge is 0.451 e. The molecule has 132 valence electrons. The van der Waals surface area contributed by atoms with E-state index in [4.69, 9.17) is 28.2 Å². The predicted molar refractivity (Wildman–Crippen MR) is 103 cm³/mol. The number of hydrogen-bond acceptors (Lipinski definition) is 5. The highest BCUT2D eigenvalue weighted by atomic mass is 35.5. The number of anilines is 1. The maximum Gasteiger partial charge on any atom is 0.293 e. The minimum atomic E-state index is -0.604. The van der Waals surface area contributed by atoms with E-state index in [9.17, 15) is 14.9 Å². The zero-order chi connectivity index (χ0) is 18.8. The van der Waals surface area contributed by atoms with Crippen LogP contribution in [0, 0.1) is 17.0 Å². The molecule has 0 saturated heterocycles. The van der Waals surface area contributed by atoms with E-state index in [0.29, 0.717) is 16.8 Å². The molecule has 0 spiro atoms. The highest BCUT2D eigenvalue weighted by Crippen LogP contribution is 2.27. The number of carbonyl (C=O) groups excluding carboxylic acids is 1. The van der Waals surface area contributed by atoms with Gasteiger partial charge < -0.3 is 9.73 Å². The van der Waals surface area contributed by atoms with Gasteiger partial charge in [-0.25, -0.2) is 0 Å². The Morgan fingerprint density at radius 3 is 2.69 bits per heavy atom. The van der Waals surface area contributed by atoms with Gasteiger partial charge in [-0.2, -0.15) is 0 Å². The van der Waals surface area contributed by atoms with Crippen molar-refractivity contribution in [2.24, 2.45) is 0 Å². The number of nitrogens with one attached hydrogen (secondary N) is 2. The first-order chi connectivity index (χ1) is 12.4. The molecule has 1 heterocycles. The van der Waals surface area contributed by atoms with Crippen LogP contribution < -0.4 is 10.6 Å². The fraction of sp³-hybridized carbons (Fsp3) is 0.0588. The number of rotatable bonds is 3. The molecule has 0 fully saturated rings. The van der Waals surface area contributed by atoms with Crippen molar-refractivity contribution in [2.45, 2.75) is 6.92 Å². The summed E-state index contributed by atoms with van der Waals surface area (Å²) in [6.07, 6.45) is 0. The van der Waals surface area contributed by atoms with Crippen molar-refractivity contribution >= 4 is 57.2 Å². The standard InChI is InChI=1S/C17H12ClN3O4S/c1-9-11-4-2-3-5-14(11)25-15(9)16(22)20-17(26)19-10-6-7-12(18)13(8-10)21(23)24/h2-8H,1H3,(H2,19,20,22,26). The monoisotopic (exact) mass is 389 g/mol. The van der Waals surface area contributed by atoms with Crippen LogP contribution in [-0.4, -0.2) is 15.9 Å². The number of nitrogens with zero attached hydrogens (tertiary/aromatic N) is 1. The van der Waals surface area contributed by atoms with Gasteiger partial charge in [0.25, 0.3) is 11.6 Å². The van der Waals surface area contributed by atoms with Gasteiger partial charge in [-0.05, 0) is 37.3 Å². The molecule has 0 bridgehead atoms. The highest BCUT2D eigenvalue weighted by molar-refractivity contribution is 7.80. The normalized spacial score (nSPS) is 10.5. The molecule has 0 saturated carbocycles. The molecule has 0 aliphatic rings. The Kier molecular flexibility index (Phi) is 4.88. The number of carbonyl (C=O) groups is 1. The molecule has 0 aliphatic carbocycles. The molecule has 0 aliphatic heterocycles. The number of benzene rings is 2. The lowest BCUT2D eigenvalue weighted by Gasteiger charge is -2.09. The van der Waals surface area contributed by atoms with E-state index in [0.717, 1.165) is 5.39 Å². The second kappa shape index (κ2) is 7.11. The molecule has 3 aromatic rings. The van der Waals surface area contributed by atoms with Crippen LogP contribution in [0.5, 0.6) is 0 Å². The van der Waals surface area contributed by atoms with Crippen molar-refractivity contribution in [1.82, 2.24) is 5.32 Å². The number of fused-ring (bicyclic) bond motifs is 1. The van der Waals surface area contributed by atoms with Crippen molar-refractivity contribution in [1.29, 1.82) is 0 Å². The number of furan rings is 1. The van der Waals surface area contributed by atoms with E-state index in [2.05, 4.69) is 10.6 Å². The molecular weight excluding hydrogens is 378 g/mol. The van der Waals surface area contributed by atoms with Gasteiger partial charge >= 0.3 is 0 Å². The molecule has 1 amide bonds. The van der Waals surface area contributed by atoms with E-state index in [1.54, 1.807) is 13.0 Å². The summed E-state index contributed by atoms with van der Waals surface area (Å²) in [6, 6.07) is 11.4. The number of nitro groups is 1. The zero-order valence-electron chi connectivity index (χ0n) is 13.4. The molecule has 26 heavy (non-hydrogen) atoms. The Labute approximate surface area is 158 Å². The summed E-state index contributed by atoms with van der Waals surface area (Å²) in [5.41, 5.74) is 1.36. The third-order valence-corrected chi connectivity index (χ3v) is 4.20. The number of aryl methyl sites for hydroxylation is 1. The molecule has 0 atom stereocenters. The number of amides is 1. The van der Waals surface area contributed by atoms with Gasteiger partial charge in [0, 0.05) is 22.7 Å². The Morgan fingerprint density at radius 2 is 2.00 bits per heavy atom. The lowest BCUT2D eigenvalue weighted by atomic mass is 10.1. The third kappa shape index (κ3) is 3.51. The first-order valence-corrected chi connectivity index (χ1v) is 8.20. The Hall–Kier alpha value is -2.97. The van der Waals surface area contributed by atoms with Crippen LogP contribution in [0.2, 0.25) is 5.02 Å². The molecular formula is C17H12ClN3O4S. The van der Waals surface area contributed by atoms with Crippen LogP contribution >= 0.6 is 23.8 Å². The summed E-state index contributed by atoms with van der Waals surface area (Å²) in [4.78, 5) is 22.7. The van der Waals surface area contributed by atoms with Gasteiger partial charge in [0.1, 0.15) is 10.6 Å². The first-order valence-electron chi connectivity index (χ1n) is 7.41. The van der Waals surface area contributed by atoms with Crippen LogP contribution in [0.25, 0.3) is 11.0 Å². The summed E-state index contributed by atoms with van der Waals surface area (Å²) < 4.78 is 5.57. The first kappa shape index (κ1) is 17.8. The fourth-order valence-corrected chi connectivity index (χ4v) is 2.84. The summed E-state index contributed by atoms with van der Waals surface area (Å²) in [5, 5.41) is 17.0. The topological polar surface area (TPSA) is 97.4 Å². The Morgan fingerprint density at radius 1 is 1.27 bits per heavy atom. The highest BCUT2D eigenvalue weighted by Gasteiger charge is 2.19. The van der Waals surface area contributed by atoms with Gasteiger partial charge in [0.15, 0.2) is 10.9 Å². The van der Waals surface area contributed by atoms with Crippen molar-refractivity contribution in [2.75, 3.05) is 5.32 Å². The second-order valence-electron chi connectivity index (χ2n) is 5.38. The Balaban J connectivity index is 1.75. The van der Waals surface area contributed by atoms with E-state index in [1.807, 2.05) is 18.2 Å². The van der Waals surface area contributed by atoms with Crippen LogP contribution in [0.3, 0.4) is 0 Å². The second-order valence-corrected chi connectivity index (χ2v) is 6.20. The van der Waals surface area contributed by atoms with Crippen LogP contribution in [0.4, 0.5) is 11.4 Å². The van der Waals surface area contributed by atoms with Gasteiger partial charge in [-0.3, -0.25) is 20.2 Å². The average Bonchev–Trinajstić information content (AvgIpc) is 2.93. The average molecular weight is 390 g/mol. The van der Waals surface area contributed by atoms with Crippen molar-refractivity contribution in [3.8, 4) is 0 Å².